The van der Waals surface area contributed by atoms with Crippen LogP contribution in [0.3, 0.4) is 0 Å². The summed E-state index contributed by atoms with van der Waals surface area (Å²) in [5.41, 5.74) is 3.49. The molecule has 0 unspecified atom stereocenters. The first kappa shape index (κ1) is 18.8. The van der Waals surface area contributed by atoms with E-state index in [-0.39, 0.29) is 0 Å². The summed E-state index contributed by atoms with van der Waals surface area (Å²) in [6.07, 6.45) is 0. The van der Waals surface area contributed by atoms with Gasteiger partial charge in [-0.05, 0) is 35.7 Å². The molecular weight excluding hydrogens is 314 g/mol. The van der Waals surface area contributed by atoms with Crippen LogP contribution >= 0.6 is 0 Å². The van der Waals surface area contributed by atoms with Gasteiger partial charge < -0.3 is 20.1 Å². The molecule has 2 rings (SSSR count). The zero-order valence-corrected chi connectivity index (χ0v) is 15.2. The number of hydrogen-bond acceptors (Lipinski definition) is 3. The number of aliphatic imine (C=N–C) groups is 1. The average molecular weight is 341 g/mol. The van der Waals surface area contributed by atoms with Gasteiger partial charge in [0.1, 0.15) is 5.75 Å². The Kier molecular flexibility index (Phi) is 7.79. The number of rotatable bonds is 8. The topological polar surface area (TPSA) is 54.9 Å². The molecule has 0 fully saturated rings. The van der Waals surface area contributed by atoms with E-state index in [0.717, 1.165) is 23.8 Å². The molecule has 0 aromatic heterocycles. The molecule has 0 radical (unpaired) electrons. The highest BCUT2D eigenvalue weighted by Gasteiger charge is 2.03. The van der Waals surface area contributed by atoms with Crippen LogP contribution in [0.1, 0.15) is 23.6 Å². The largest absolute Gasteiger partial charge is 0.497 e. The van der Waals surface area contributed by atoms with Crippen molar-refractivity contribution in [3.8, 4) is 5.75 Å². The van der Waals surface area contributed by atoms with Crippen LogP contribution in [-0.2, 0) is 24.4 Å². The summed E-state index contributed by atoms with van der Waals surface area (Å²) in [6.45, 7) is 4.76. The lowest BCUT2D eigenvalue weighted by Crippen LogP contribution is -2.37. The van der Waals surface area contributed by atoms with E-state index in [2.05, 4.69) is 34.7 Å². The molecule has 0 bridgehead atoms. The van der Waals surface area contributed by atoms with Crippen molar-refractivity contribution in [1.82, 2.24) is 10.6 Å². The van der Waals surface area contributed by atoms with Crippen LogP contribution < -0.4 is 15.4 Å². The van der Waals surface area contributed by atoms with Crippen LogP contribution in [0.25, 0.3) is 0 Å². The normalized spacial score (nSPS) is 11.2. The smallest absolute Gasteiger partial charge is 0.191 e. The van der Waals surface area contributed by atoms with Gasteiger partial charge in [-0.25, -0.2) is 4.99 Å². The molecule has 0 spiro atoms. The van der Waals surface area contributed by atoms with Gasteiger partial charge in [0.15, 0.2) is 5.96 Å². The van der Waals surface area contributed by atoms with Crippen molar-refractivity contribution >= 4 is 5.96 Å². The Morgan fingerprint density at radius 3 is 2.52 bits per heavy atom. The van der Waals surface area contributed by atoms with Crippen LogP contribution in [-0.4, -0.2) is 26.7 Å². The average Bonchev–Trinajstić information content (AvgIpc) is 2.65. The Hall–Kier alpha value is -2.53. The monoisotopic (exact) mass is 341 g/mol. The molecule has 0 amide bonds. The standard InChI is InChI=1S/C20H27N3O2/c1-4-21-20(22-13-16-8-7-11-19(12-16)25-3)23-14-17-9-5-6-10-18(17)15-24-2/h5-12H,4,13-15H2,1-3H3,(H2,21,22,23). The Balaban J connectivity index is 2.02. The lowest BCUT2D eigenvalue weighted by Gasteiger charge is -2.14. The molecule has 0 aliphatic carbocycles. The Morgan fingerprint density at radius 1 is 1.00 bits per heavy atom. The third-order valence-electron chi connectivity index (χ3n) is 3.76. The van der Waals surface area contributed by atoms with E-state index in [1.165, 1.54) is 11.1 Å². The molecule has 2 aromatic rings. The van der Waals surface area contributed by atoms with Gasteiger partial charge in [-0.3, -0.25) is 0 Å². The first-order valence-corrected chi connectivity index (χ1v) is 8.47. The van der Waals surface area contributed by atoms with Gasteiger partial charge >= 0.3 is 0 Å². The first-order chi connectivity index (χ1) is 12.3. The Morgan fingerprint density at radius 2 is 1.80 bits per heavy atom. The van der Waals surface area contributed by atoms with Crippen LogP contribution in [0.15, 0.2) is 53.5 Å². The number of guanidine groups is 1. The first-order valence-electron chi connectivity index (χ1n) is 8.47. The minimum absolute atomic E-state index is 0.590. The molecule has 0 atom stereocenters. The van der Waals surface area contributed by atoms with Crippen LogP contribution in [0.4, 0.5) is 0 Å². The minimum atomic E-state index is 0.590. The maximum absolute atomic E-state index is 5.26. The molecule has 5 heteroatoms. The highest BCUT2D eigenvalue weighted by molar-refractivity contribution is 5.79. The molecule has 2 N–H and O–H groups in total. The summed E-state index contributed by atoms with van der Waals surface area (Å²) in [7, 11) is 3.38. The summed E-state index contributed by atoms with van der Waals surface area (Å²) in [5, 5.41) is 6.67. The fourth-order valence-corrected chi connectivity index (χ4v) is 2.49. The van der Waals surface area contributed by atoms with Gasteiger partial charge in [-0.1, -0.05) is 36.4 Å². The second-order valence-electron chi connectivity index (χ2n) is 5.60. The predicted octanol–water partition coefficient (Wildman–Crippen LogP) is 3.10. The van der Waals surface area contributed by atoms with Gasteiger partial charge in [-0.2, -0.15) is 0 Å². The minimum Gasteiger partial charge on any atom is -0.497 e. The fourth-order valence-electron chi connectivity index (χ4n) is 2.49. The van der Waals surface area contributed by atoms with E-state index in [0.29, 0.717) is 19.7 Å². The summed E-state index contributed by atoms with van der Waals surface area (Å²) in [4.78, 5) is 4.66. The highest BCUT2D eigenvalue weighted by Crippen LogP contribution is 2.13. The molecule has 2 aromatic carbocycles. The third kappa shape index (κ3) is 6.12. The van der Waals surface area contributed by atoms with Gasteiger partial charge in [0, 0.05) is 20.2 Å². The number of benzene rings is 2. The molecular formula is C20H27N3O2. The highest BCUT2D eigenvalue weighted by atomic mass is 16.5. The van der Waals surface area contributed by atoms with Crippen molar-refractivity contribution < 1.29 is 9.47 Å². The molecule has 0 saturated heterocycles. The number of hydrogen-bond donors (Lipinski definition) is 2. The molecule has 0 saturated carbocycles. The molecule has 0 aliphatic heterocycles. The maximum Gasteiger partial charge on any atom is 0.191 e. The molecule has 134 valence electrons. The van der Waals surface area contributed by atoms with E-state index in [1.807, 2.05) is 36.4 Å². The molecule has 0 heterocycles. The molecule has 25 heavy (non-hydrogen) atoms. The van der Waals surface area contributed by atoms with Crippen LogP contribution in [0.5, 0.6) is 5.75 Å². The van der Waals surface area contributed by atoms with E-state index in [4.69, 9.17) is 9.47 Å². The zero-order chi connectivity index (χ0) is 17.9. The van der Waals surface area contributed by atoms with Gasteiger partial charge in [0.05, 0.1) is 20.3 Å². The summed E-state index contributed by atoms with van der Waals surface area (Å²) >= 11 is 0. The Labute approximate surface area is 150 Å². The number of methoxy groups -OCH3 is 2. The van der Waals surface area contributed by atoms with Gasteiger partial charge in [-0.15, -0.1) is 0 Å². The van der Waals surface area contributed by atoms with Crippen LogP contribution in [0.2, 0.25) is 0 Å². The Bertz CT molecular complexity index is 686. The quantitative estimate of drug-likeness (QED) is 0.572. The summed E-state index contributed by atoms with van der Waals surface area (Å²) in [6, 6.07) is 16.2. The second-order valence-corrected chi connectivity index (χ2v) is 5.60. The predicted molar refractivity (Wildman–Crippen MR) is 102 cm³/mol. The fraction of sp³-hybridized carbons (Fsp3) is 0.350. The number of nitrogens with zero attached hydrogens (tertiary/aromatic N) is 1. The van der Waals surface area contributed by atoms with Crippen molar-refractivity contribution in [2.45, 2.75) is 26.6 Å². The molecule has 5 nitrogen and oxygen atoms in total. The van der Waals surface area contributed by atoms with Gasteiger partial charge in [0.2, 0.25) is 0 Å². The van der Waals surface area contributed by atoms with E-state index in [9.17, 15) is 0 Å². The van der Waals surface area contributed by atoms with E-state index >= 15 is 0 Å². The van der Waals surface area contributed by atoms with Crippen molar-refractivity contribution in [3.05, 3.63) is 65.2 Å². The lowest BCUT2D eigenvalue weighted by atomic mass is 10.1. The van der Waals surface area contributed by atoms with Crippen molar-refractivity contribution in [2.75, 3.05) is 20.8 Å². The van der Waals surface area contributed by atoms with E-state index in [1.54, 1.807) is 14.2 Å². The third-order valence-corrected chi connectivity index (χ3v) is 3.76. The second kappa shape index (κ2) is 10.4. The zero-order valence-electron chi connectivity index (χ0n) is 15.2. The number of nitrogens with one attached hydrogen (secondary N) is 2. The van der Waals surface area contributed by atoms with E-state index < -0.39 is 0 Å². The van der Waals surface area contributed by atoms with Crippen molar-refractivity contribution in [1.29, 1.82) is 0 Å². The molecule has 0 aliphatic rings. The van der Waals surface area contributed by atoms with Crippen molar-refractivity contribution in [3.63, 3.8) is 0 Å². The van der Waals surface area contributed by atoms with Crippen LogP contribution in [0, 0.1) is 0 Å². The lowest BCUT2D eigenvalue weighted by molar-refractivity contribution is 0.184. The summed E-state index contributed by atoms with van der Waals surface area (Å²) < 4.78 is 10.5. The van der Waals surface area contributed by atoms with Crippen molar-refractivity contribution in [2.24, 2.45) is 4.99 Å². The number of ether oxygens (including phenoxy) is 2. The summed E-state index contributed by atoms with van der Waals surface area (Å²) in [5.74, 6) is 1.64. The SMILES string of the molecule is CCNC(=NCc1cccc(OC)c1)NCc1ccccc1COC. The maximum atomic E-state index is 5.26. The van der Waals surface area contributed by atoms with Gasteiger partial charge in [0.25, 0.3) is 0 Å².